The molecule has 0 aromatic carbocycles. The predicted octanol–water partition coefficient (Wildman–Crippen LogP) is -0.884. The van der Waals surface area contributed by atoms with E-state index >= 15 is 0 Å². The number of carboxylic acid groups (broad SMARTS) is 1. The lowest BCUT2D eigenvalue weighted by molar-refractivity contribution is -0.145. The van der Waals surface area contributed by atoms with Gasteiger partial charge in [-0.15, -0.1) is 0 Å². The molecule has 1 amide bonds. The van der Waals surface area contributed by atoms with Gasteiger partial charge in [-0.05, 0) is 19.8 Å². The lowest BCUT2D eigenvalue weighted by atomic mass is 10.2. The second kappa shape index (κ2) is 5.09. The number of amides is 1. The third-order valence-electron chi connectivity index (χ3n) is 2.32. The van der Waals surface area contributed by atoms with Gasteiger partial charge in [0, 0.05) is 0 Å². The number of carbonyl (C=O) groups is 2. The highest BCUT2D eigenvalue weighted by Crippen LogP contribution is 2.18. The number of nitrogens with one attached hydrogen (secondary N) is 1. The summed E-state index contributed by atoms with van der Waals surface area (Å²) in [6.45, 7) is 1.23. The van der Waals surface area contributed by atoms with E-state index in [2.05, 4.69) is 5.32 Å². The molecule has 15 heavy (non-hydrogen) atoms. The van der Waals surface area contributed by atoms with Crippen LogP contribution in [0.3, 0.4) is 0 Å². The molecule has 0 aromatic rings. The zero-order chi connectivity index (χ0) is 11.4. The summed E-state index contributed by atoms with van der Waals surface area (Å²) in [4.78, 5) is 22.0. The monoisotopic (exact) mass is 217 g/mol. The first-order valence-corrected chi connectivity index (χ1v) is 4.84. The van der Waals surface area contributed by atoms with Crippen LogP contribution in [0.4, 0.5) is 0 Å². The van der Waals surface area contributed by atoms with Crippen molar-refractivity contribution >= 4 is 11.9 Å². The third kappa shape index (κ3) is 3.17. The molecule has 1 rings (SSSR count). The largest absolute Gasteiger partial charge is 0.480 e. The van der Waals surface area contributed by atoms with Crippen LogP contribution < -0.4 is 5.32 Å². The van der Waals surface area contributed by atoms with E-state index in [1.54, 1.807) is 0 Å². The molecule has 0 radical (unpaired) electrons. The minimum Gasteiger partial charge on any atom is -0.480 e. The number of aliphatic hydroxyl groups excluding tert-OH is 1. The van der Waals surface area contributed by atoms with Crippen molar-refractivity contribution in [3.05, 3.63) is 0 Å². The number of hydrogen-bond acceptors (Lipinski definition) is 4. The van der Waals surface area contributed by atoms with E-state index in [4.69, 9.17) is 14.9 Å². The first kappa shape index (κ1) is 11.9. The Labute approximate surface area is 87.2 Å². The molecule has 0 aromatic heterocycles. The molecule has 3 atom stereocenters. The highest BCUT2D eigenvalue weighted by atomic mass is 16.5. The molecule has 3 unspecified atom stereocenters. The van der Waals surface area contributed by atoms with Gasteiger partial charge in [0.15, 0.2) is 0 Å². The number of hydrogen-bond donors (Lipinski definition) is 3. The van der Waals surface area contributed by atoms with Gasteiger partial charge in [0.2, 0.25) is 5.91 Å². The average molecular weight is 217 g/mol. The summed E-state index contributed by atoms with van der Waals surface area (Å²) >= 11 is 0. The molecule has 1 saturated heterocycles. The molecule has 0 saturated carbocycles. The Morgan fingerprint density at radius 2 is 2.20 bits per heavy atom. The van der Waals surface area contributed by atoms with Crippen molar-refractivity contribution in [3.63, 3.8) is 0 Å². The SMILES string of the molecule is CC1CCC(C(=O)NC(CO)C(=O)O)O1. The summed E-state index contributed by atoms with van der Waals surface area (Å²) in [6.07, 6.45) is 0.811. The van der Waals surface area contributed by atoms with Gasteiger partial charge in [0.1, 0.15) is 12.1 Å². The molecule has 6 nitrogen and oxygen atoms in total. The molecular formula is C9H15NO5. The Morgan fingerprint density at radius 3 is 2.60 bits per heavy atom. The maximum Gasteiger partial charge on any atom is 0.328 e. The molecule has 3 N–H and O–H groups in total. The summed E-state index contributed by atoms with van der Waals surface area (Å²) in [5, 5.41) is 19.5. The zero-order valence-corrected chi connectivity index (χ0v) is 8.47. The van der Waals surface area contributed by atoms with E-state index in [0.717, 1.165) is 6.42 Å². The van der Waals surface area contributed by atoms with Crippen LogP contribution >= 0.6 is 0 Å². The molecular weight excluding hydrogens is 202 g/mol. The van der Waals surface area contributed by atoms with Crippen LogP contribution in [-0.4, -0.2) is 46.9 Å². The molecule has 6 heteroatoms. The van der Waals surface area contributed by atoms with Gasteiger partial charge in [0.25, 0.3) is 0 Å². The van der Waals surface area contributed by atoms with Crippen LogP contribution in [0.5, 0.6) is 0 Å². The molecule has 0 bridgehead atoms. The zero-order valence-electron chi connectivity index (χ0n) is 8.47. The quantitative estimate of drug-likeness (QED) is 0.568. The topological polar surface area (TPSA) is 95.9 Å². The molecule has 1 aliphatic rings. The van der Waals surface area contributed by atoms with Crippen molar-refractivity contribution in [1.82, 2.24) is 5.32 Å². The molecule has 1 fully saturated rings. The average Bonchev–Trinajstić information content (AvgIpc) is 2.60. The third-order valence-corrected chi connectivity index (χ3v) is 2.32. The van der Waals surface area contributed by atoms with Crippen molar-refractivity contribution in [2.75, 3.05) is 6.61 Å². The van der Waals surface area contributed by atoms with E-state index < -0.39 is 30.6 Å². The van der Waals surface area contributed by atoms with E-state index in [1.165, 1.54) is 0 Å². The first-order valence-electron chi connectivity index (χ1n) is 4.84. The number of rotatable bonds is 4. The van der Waals surface area contributed by atoms with Crippen LogP contribution in [0.1, 0.15) is 19.8 Å². The Kier molecular flexibility index (Phi) is 4.05. The fraction of sp³-hybridized carbons (Fsp3) is 0.778. The second-order valence-corrected chi connectivity index (χ2v) is 3.59. The summed E-state index contributed by atoms with van der Waals surface area (Å²) < 4.78 is 5.26. The predicted molar refractivity (Wildman–Crippen MR) is 50.2 cm³/mol. The van der Waals surface area contributed by atoms with Gasteiger partial charge >= 0.3 is 5.97 Å². The molecule has 0 spiro atoms. The van der Waals surface area contributed by atoms with Gasteiger partial charge in [-0.3, -0.25) is 4.79 Å². The van der Waals surface area contributed by atoms with Gasteiger partial charge in [-0.2, -0.15) is 0 Å². The minimum atomic E-state index is -1.25. The summed E-state index contributed by atoms with van der Waals surface area (Å²) in [5.74, 6) is -1.72. The van der Waals surface area contributed by atoms with Crippen LogP contribution in [0.15, 0.2) is 0 Å². The molecule has 1 aliphatic heterocycles. The van der Waals surface area contributed by atoms with Crippen LogP contribution in [-0.2, 0) is 14.3 Å². The maximum atomic E-state index is 11.5. The van der Waals surface area contributed by atoms with Crippen molar-refractivity contribution in [3.8, 4) is 0 Å². The van der Waals surface area contributed by atoms with Gasteiger partial charge in [0.05, 0.1) is 12.7 Å². The Morgan fingerprint density at radius 1 is 1.53 bits per heavy atom. The Hall–Kier alpha value is -1.14. The van der Waals surface area contributed by atoms with Gasteiger partial charge in [-0.25, -0.2) is 4.79 Å². The normalized spacial score (nSPS) is 27.3. The number of carbonyl (C=O) groups excluding carboxylic acids is 1. The van der Waals surface area contributed by atoms with E-state index in [0.29, 0.717) is 6.42 Å². The van der Waals surface area contributed by atoms with E-state index in [-0.39, 0.29) is 6.10 Å². The van der Waals surface area contributed by atoms with Crippen molar-refractivity contribution in [2.45, 2.75) is 38.0 Å². The number of aliphatic carboxylic acids is 1. The lowest BCUT2D eigenvalue weighted by Gasteiger charge is -2.15. The van der Waals surface area contributed by atoms with Crippen LogP contribution in [0, 0.1) is 0 Å². The molecule has 0 aliphatic carbocycles. The van der Waals surface area contributed by atoms with Crippen molar-refractivity contribution in [2.24, 2.45) is 0 Å². The van der Waals surface area contributed by atoms with Gasteiger partial charge in [-0.1, -0.05) is 0 Å². The second-order valence-electron chi connectivity index (χ2n) is 3.59. The van der Waals surface area contributed by atoms with Crippen molar-refractivity contribution in [1.29, 1.82) is 0 Å². The van der Waals surface area contributed by atoms with E-state index in [1.807, 2.05) is 6.92 Å². The highest BCUT2D eigenvalue weighted by Gasteiger charge is 2.30. The lowest BCUT2D eigenvalue weighted by Crippen LogP contribution is -2.47. The fourth-order valence-electron chi connectivity index (χ4n) is 1.45. The van der Waals surface area contributed by atoms with E-state index in [9.17, 15) is 9.59 Å². The smallest absolute Gasteiger partial charge is 0.328 e. The van der Waals surface area contributed by atoms with Crippen molar-refractivity contribution < 1.29 is 24.5 Å². The Bertz CT molecular complexity index is 255. The number of carboxylic acids is 1. The minimum absolute atomic E-state index is 0.0261. The first-order chi connectivity index (χ1) is 7.04. The number of ether oxygens (including phenoxy) is 1. The highest BCUT2D eigenvalue weighted by molar-refractivity contribution is 5.86. The summed E-state index contributed by atoms with van der Waals surface area (Å²) in [5.41, 5.74) is 0. The number of aliphatic hydroxyl groups is 1. The maximum absolute atomic E-state index is 11.5. The molecule has 1 heterocycles. The van der Waals surface area contributed by atoms with Gasteiger partial charge < -0.3 is 20.3 Å². The summed E-state index contributed by atoms with van der Waals surface area (Å²) in [6, 6.07) is -1.25. The fourth-order valence-corrected chi connectivity index (χ4v) is 1.45. The summed E-state index contributed by atoms with van der Waals surface area (Å²) in [7, 11) is 0. The van der Waals surface area contributed by atoms with Crippen LogP contribution in [0.25, 0.3) is 0 Å². The standard InChI is InChI=1S/C9H15NO5/c1-5-2-3-7(15-5)8(12)10-6(4-11)9(13)14/h5-7,11H,2-4H2,1H3,(H,10,12)(H,13,14). The Balaban J connectivity index is 2.44. The molecule has 86 valence electrons. The van der Waals surface area contributed by atoms with Crippen LogP contribution in [0.2, 0.25) is 0 Å².